The Kier molecular flexibility index (Phi) is 4.75. The van der Waals surface area contributed by atoms with Crippen LogP contribution in [0.1, 0.15) is 41.6 Å². The summed E-state index contributed by atoms with van der Waals surface area (Å²) < 4.78 is 0. The predicted octanol–water partition coefficient (Wildman–Crippen LogP) is 4.54. The predicted molar refractivity (Wildman–Crippen MR) is 82.2 cm³/mol. The van der Waals surface area contributed by atoms with E-state index >= 15 is 0 Å². The third kappa shape index (κ3) is 3.68. The maximum atomic E-state index is 3.66. The Bertz CT molecular complexity index is 516. The second kappa shape index (κ2) is 6.53. The fraction of sp³-hybridized carbons (Fsp3) is 0.333. The Hall–Kier alpha value is -1.60. The van der Waals surface area contributed by atoms with Gasteiger partial charge in [-0.15, -0.1) is 0 Å². The first-order valence-corrected chi connectivity index (χ1v) is 7.05. The van der Waals surface area contributed by atoms with Crippen molar-refractivity contribution in [1.29, 1.82) is 0 Å². The summed E-state index contributed by atoms with van der Waals surface area (Å²) in [4.78, 5) is 0. The second-order valence-corrected chi connectivity index (χ2v) is 5.18. The molecule has 0 aliphatic carbocycles. The van der Waals surface area contributed by atoms with Crippen molar-refractivity contribution < 1.29 is 0 Å². The van der Waals surface area contributed by atoms with Gasteiger partial charge in [-0.2, -0.15) is 0 Å². The fourth-order valence-corrected chi connectivity index (χ4v) is 2.46. The molecule has 0 aromatic heterocycles. The van der Waals surface area contributed by atoms with Crippen LogP contribution in [-0.2, 0) is 6.54 Å². The number of benzene rings is 2. The van der Waals surface area contributed by atoms with Gasteiger partial charge in [0.25, 0.3) is 0 Å². The maximum absolute atomic E-state index is 3.66. The van der Waals surface area contributed by atoms with Gasteiger partial charge in [0.2, 0.25) is 0 Å². The monoisotopic (exact) mass is 253 g/mol. The summed E-state index contributed by atoms with van der Waals surface area (Å²) in [5, 5.41) is 3.66. The van der Waals surface area contributed by atoms with E-state index < -0.39 is 0 Å². The summed E-state index contributed by atoms with van der Waals surface area (Å²) >= 11 is 0. The minimum absolute atomic E-state index is 0.432. The minimum atomic E-state index is 0.432. The van der Waals surface area contributed by atoms with Gasteiger partial charge < -0.3 is 5.32 Å². The van der Waals surface area contributed by atoms with Gasteiger partial charge in [0.1, 0.15) is 0 Å². The highest BCUT2D eigenvalue weighted by Gasteiger charge is 2.08. The Morgan fingerprint density at radius 2 is 1.74 bits per heavy atom. The molecule has 2 aromatic rings. The highest BCUT2D eigenvalue weighted by Crippen LogP contribution is 2.18. The van der Waals surface area contributed by atoms with E-state index in [0.717, 1.165) is 13.0 Å². The molecule has 0 heterocycles. The van der Waals surface area contributed by atoms with Gasteiger partial charge in [0.15, 0.2) is 0 Å². The van der Waals surface area contributed by atoms with Crippen LogP contribution in [-0.4, -0.2) is 0 Å². The molecule has 0 fully saturated rings. The summed E-state index contributed by atoms with van der Waals surface area (Å²) in [5.41, 5.74) is 5.46. The van der Waals surface area contributed by atoms with Crippen molar-refractivity contribution in [2.75, 3.05) is 0 Å². The lowest BCUT2D eigenvalue weighted by molar-refractivity contribution is 0.518. The highest BCUT2D eigenvalue weighted by molar-refractivity contribution is 5.30. The molecule has 1 atom stereocenters. The van der Waals surface area contributed by atoms with Crippen molar-refractivity contribution in [3.63, 3.8) is 0 Å². The first-order chi connectivity index (χ1) is 9.20. The molecule has 0 bridgehead atoms. The van der Waals surface area contributed by atoms with Crippen LogP contribution >= 0.6 is 0 Å². The summed E-state index contributed by atoms with van der Waals surface area (Å²) in [6, 6.07) is 17.8. The number of aryl methyl sites for hydroxylation is 2. The van der Waals surface area contributed by atoms with Gasteiger partial charge in [-0.3, -0.25) is 0 Å². The molecule has 1 N–H and O–H groups in total. The lowest BCUT2D eigenvalue weighted by Crippen LogP contribution is -2.20. The van der Waals surface area contributed by atoms with Crippen LogP contribution in [0.3, 0.4) is 0 Å². The molecule has 0 aliphatic rings. The lowest BCUT2D eigenvalue weighted by Gasteiger charge is -2.18. The maximum Gasteiger partial charge on any atom is 0.0320 e. The van der Waals surface area contributed by atoms with E-state index in [2.05, 4.69) is 74.6 Å². The van der Waals surface area contributed by atoms with Gasteiger partial charge in [-0.05, 0) is 37.0 Å². The zero-order valence-corrected chi connectivity index (χ0v) is 12.1. The molecular weight excluding hydrogens is 230 g/mol. The van der Waals surface area contributed by atoms with Crippen molar-refractivity contribution >= 4 is 0 Å². The Morgan fingerprint density at radius 1 is 1.00 bits per heavy atom. The van der Waals surface area contributed by atoms with Crippen LogP contribution < -0.4 is 5.32 Å². The highest BCUT2D eigenvalue weighted by atomic mass is 14.9. The van der Waals surface area contributed by atoms with Crippen LogP contribution in [0.4, 0.5) is 0 Å². The number of rotatable bonds is 5. The quantitative estimate of drug-likeness (QED) is 0.824. The zero-order chi connectivity index (χ0) is 13.7. The third-order valence-corrected chi connectivity index (χ3v) is 3.65. The van der Waals surface area contributed by atoms with Crippen LogP contribution in [0.15, 0.2) is 48.5 Å². The first-order valence-electron chi connectivity index (χ1n) is 7.05. The van der Waals surface area contributed by atoms with E-state index in [1.165, 1.54) is 22.3 Å². The Balaban J connectivity index is 2.04. The molecule has 0 amide bonds. The van der Waals surface area contributed by atoms with Crippen molar-refractivity contribution in [3.8, 4) is 0 Å². The van der Waals surface area contributed by atoms with E-state index in [1.54, 1.807) is 0 Å². The minimum Gasteiger partial charge on any atom is -0.306 e. The van der Waals surface area contributed by atoms with Crippen LogP contribution in [0.25, 0.3) is 0 Å². The normalized spacial score (nSPS) is 12.4. The molecule has 0 spiro atoms. The summed E-state index contributed by atoms with van der Waals surface area (Å²) in [6.07, 6.45) is 1.11. The van der Waals surface area contributed by atoms with Gasteiger partial charge in [-0.25, -0.2) is 0 Å². The molecule has 100 valence electrons. The van der Waals surface area contributed by atoms with E-state index in [4.69, 9.17) is 0 Å². The van der Waals surface area contributed by atoms with Gasteiger partial charge in [0, 0.05) is 12.6 Å². The smallest absolute Gasteiger partial charge is 0.0320 e. The van der Waals surface area contributed by atoms with Crippen molar-refractivity contribution in [3.05, 3.63) is 70.8 Å². The SMILES string of the molecule is CCC(NCc1ccc(C)cc1C)c1ccccc1. The van der Waals surface area contributed by atoms with Crippen LogP contribution in [0, 0.1) is 13.8 Å². The molecular formula is C18H23N. The molecule has 2 rings (SSSR count). The molecule has 0 aliphatic heterocycles. The second-order valence-electron chi connectivity index (χ2n) is 5.18. The van der Waals surface area contributed by atoms with Crippen LogP contribution in [0.5, 0.6) is 0 Å². The number of hydrogen-bond donors (Lipinski definition) is 1. The van der Waals surface area contributed by atoms with Crippen molar-refractivity contribution in [1.82, 2.24) is 5.32 Å². The first kappa shape index (κ1) is 13.8. The molecule has 1 unspecified atom stereocenters. The number of nitrogens with one attached hydrogen (secondary N) is 1. The van der Waals surface area contributed by atoms with Gasteiger partial charge >= 0.3 is 0 Å². The van der Waals surface area contributed by atoms with E-state index in [9.17, 15) is 0 Å². The van der Waals surface area contributed by atoms with Crippen molar-refractivity contribution in [2.24, 2.45) is 0 Å². The molecule has 0 radical (unpaired) electrons. The summed E-state index contributed by atoms with van der Waals surface area (Å²) in [7, 11) is 0. The zero-order valence-electron chi connectivity index (χ0n) is 12.1. The van der Waals surface area contributed by atoms with Crippen molar-refractivity contribution in [2.45, 2.75) is 39.8 Å². The van der Waals surface area contributed by atoms with E-state index in [-0.39, 0.29) is 0 Å². The standard InChI is InChI=1S/C18H23N/c1-4-18(16-8-6-5-7-9-16)19-13-17-11-10-14(2)12-15(17)3/h5-12,18-19H,4,13H2,1-3H3. The summed E-state index contributed by atoms with van der Waals surface area (Å²) in [6.45, 7) is 7.49. The topological polar surface area (TPSA) is 12.0 Å². The van der Waals surface area contributed by atoms with Gasteiger partial charge in [0.05, 0.1) is 0 Å². The van der Waals surface area contributed by atoms with Crippen LogP contribution in [0.2, 0.25) is 0 Å². The third-order valence-electron chi connectivity index (χ3n) is 3.65. The molecule has 1 heteroatoms. The molecule has 0 saturated heterocycles. The molecule has 0 saturated carbocycles. The molecule has 2 aromatic carbocycles. The molecule has 1 nitrogen and oxygen atoms in total. The Labute approximate surface area is 116 Å². The largest absolute Gasteiger partial charge is 0.306 e. The van der Waals surface area contributed by atoms with E-state index in [0.29, 0.717) is 6.04 Å². The van der Waals surface area contributed by atoms with Gasteiger partial charge in [-0.1, -0.05) is 61.0 Å². The summed E-state index contributed by atoms with van der Waals surface area (Å²) in [5.74, 6) is 0. The van der Waals surface area contributed by atoms with E-state index in [1.807, 2.05) is 0 Å². The lowest BCUT2D eigenvalue weighted by atomic mass is 10.0. The average molecular weight is 253 g/mol. The average Bonchev–Trinajstić information content (AvgIpc) is 2.43. The fourth-order valence-electron chi connectivity index (χ4n) is 2.46. The Morgan fingerprint density at radius 3 is 2.37 bits per heavy atom. The number of hydrogen-bond acceptors (Lipinski definition) is 1. The molecule has 19 heavy (non-hydrogen) atoms.